The van der Waals surface area contributed by atoms with Crippen molar-refractivity contribution in [1.29, 1.82) is 5.26 Å². The maximum Gasteiger partial charge on any atom is 0.207 e. The molecule has 0 rings (SSSR count). The van der Waals surface area contributed by atoms with Gasteiger partial charge in [0.1, 0.15) is 5.54 Å². The van der Waals surface area contributed by atoms with Gasteiger partial charge >= 0.3 is 0 Å². The molecule has 0 aromatic heterocycles. The Hall–Kier alpha value is 0.0239. The third-order valence-electron chi connectivity index (χ3n) is 2.86. The predicted octanol–water partition coefficient (Wildman–Crippen LogP) is 1.45. The monoisotopic (exact) mass is 312 g/mol. The van der Waals surface area contributed by atoms with E-state index in [1.165, 1.54) is 4.90 Å². The van der Waals surface area contributed by atoms with Crippen LogP contribution in [0.2, 0.25) is 0 Å². The van der Waals surface area contributed by atoms with Crippen LogP contribution in [0, 0.1) is 24.3 Å². The molecule has 0 saturated heterocycles. The van der Waals surface area contributed by atoms with E-state index in [2.05, 4.69) is 6.07 Å². The van der Waals surface area contributed by atoms with Crippen LogP contribution in [-0.4, -0.2) is 41.4 Å². The van der Waals surface area contributed by atoms with Gasteiger partial charge in [0.2, 0.25) is 5.91 Å². The number of hydrogen-bond acceptors (Lipinski definition) is 3. The molecule has 0 fully saturated rings. The van der Waals surface area contributed by atoms with Crippen LogP contribution in [0.15, 0.2) is 0 Å². The van der Waals surface area contributed by atoms with Gasteiger partial charge in [-0.3, -0.25) is 11.3 Å². The first-order valence-electron chi connectivity index (χ1n) is 5.31. The van der Waals surface area contributed by atoms with Crippen molar-refractivity contribution in [3.05, 3.63) is 13.0 Å². The first kappa shape index (κ1) is 19.4. The second-order valence-electron chi connectivity index (χ2n) is 4.27. The molecule has 0 saturated carbocycles. The zero-order valence-electron chi connectivity index (χ0n) is 11.6. The summed E-state index contributed by atoms with van der Waals surface area (Å²) in [5, 5.41) is 8.99. The summed E-state index contributed by atoms with van der Waals surface area (Å²) in [6.07, 6.45) is 1.83. The largest absolute Gasteiger partial charge is 0.474 e. The molecule has 1 radical (unpaired) electrons. The van der Waals surface area contributed by atoms with Gasteiger partial charge in [-0.1, -0.05) is 6.04 Å². The number of hydrogen-bond donors (Lipinski definition) is 0. The summed E-state index contributed by atoms with van der Waals surface area (Å²) in [6, 6.07) is 1.80. The molecule has 0 aliphatic rings. The molecule has 1 unspecified atom stereocenters. The van der Waals surface area contributed by atoms with Crippen molar-refractivity contribution in [2.24, 2.45) is 0 Å². The number of likely N-dealkylation sites (N-methyl/N-ethyl adjacent to an activating group) is 2. The van der Waals surface area contributed by atoms with Crippen LogP contribution < -0.4 is 0 Å². The zero-order chi connectivity index (χ0) is 12.9. The maximum atomic E-state index is 12.2. The van der Waals surface area contributed by atoms with E-state index in [0.29, 0.717) is 0 Å². The first-order valence-corrected chi connectivity index (χ1v) is 5.31. The second-order valence-corrected chi connectivity index (χ2v) is 4.27. The van der Waals surface area contributed by atoms with E-state index in [-0.39, 0.29) is 44.7 Å². The summed E-state index contributed by atoms with van der Waals surface area (Å²) in [5.74, 6) is -0.0744. The van der Waals surface area contributed by atoms with Gasteiger partial charge in [0, 0.05) is 39.8 Å². The molecule has 1 atom stereocenters. The van der Waals surface area contributed by atoms with Crippen LogP contribution in [0.5, 0.6) is 0 Å². The minimum atomic E-state index is -0.785. The Morgan fingerprint density at radius 2 is 1.82 bits per heavy atom. The van der Waals surface area contributed by atoms with Crippen LogP contribution in [0.4, 0.5) is 0 Å². The standard InChI is InChI=1S/C12H21N3O.Y/c1-7-10(14(5)8-2)11(16)15(6)12(3,4)9-13;/h7-8,10H,1-6H3;/q-2;. The summed E-state index contributed by atoms with van der Waals surface area (Å²) in [4.78, 5) is 15.5. The van der Waals surface area contributed by atoms with Crippen LogP contribution in [0.25, 0.3) is 0 Å². The SMILES string of the molecule is C[CH-]C(C(=O)N(C)C(C)(C)C#N)N(C)[CH-]C.[Y]. The molecule has 95 valence electrons. The number of nitriles is 1. The molecule has 0 spiro atoms. The van der Waals surface area contributed by atoms with Crippen molar-refractivity contribution in [3.8, 4) is 6.07 Å². The number of rotatable bonds is 5. The van der Waals surface area contributed by atoms with E-state index in [1.54, 1.807) is 20.9 Å². The van der Waals surface area contributed by atoms with Gasteiger partial charge in [0.05, 0.1) is 6.07 Å². The predicted molar refractivity (Wildman–Crippen MR) is 64.0 cm³/mol. The molecule has 0 aromatic carbocycles. The van der Waals surface area contributed by atoms with E-state index < -0.39 is 5.54 Å². The molecule has 0 aliphatic carbocycles. The molecule has 17 heavy (non-hydrogen) atoms. The fourth-order valence-corrected chi connectivity index (χ4v) is 1.26. The van der Waals surface area contributed by atoms with Crippen molar-refractivity contribution in [2.75, 3.05) is 14.1 Å². The first-order chi connectivity index (χ1) is 7.31. The number of carbonyl (C=O) groups is 1. The molecule has 1 amide bonds. The summed E-state index contributed by atoms with van der Waals surface area (Å²) in [7, 11) is 3.50. The third-order valence-corrected chi connectivity index (χ3v) is 2.86. The quantitative estimate of drug-likeness (QED) is 0.722. The minimum absolute atomic E-state index is 0. The molecular weight excluding hydrogens is 291 g/mol. The van der Waals surface area contributed by atoms with Gasteiger partial charge in [-0.25, -0.2) is 0 Å². The Bertz CT molecular complexity index is 286. The Morgan fingerprint density at radius 3 is 2.12 bits per heavy atom. The van der Waals surface area contributed by atoms with Crippen LogP contribution in [0.1, 0.15) is 27.7 Å². The molecule has 0 heterocycles. The molecule has 0 aliphatic heterocycles. The molecular formula is C12H21N3OY-2. The molecule has 0 bridgehead atoms. The fraction of sp³-hybridized carbons (Fsp3) is 0.667. The third kappa shape index (κ3) is 5.03. The average Bonchev–Trinajstić information content (AvgIpc) is 2.28. The molecule has 5 heteroatoms. The van der Waals surface area contributed by atoms with Crippen molar-refractivity contribution in [3.63, 3.8) is 0 Å². The van der Waals surface area contributed by atoms with Gasteiger partial charge in [-0.2, -0.15) is 19.1 Å². The van der Waals surface area contributed by atoms with E-state index in [9.17, 15) is 4.79 Å². The van der Waals surface area contributed by atoms with Gasteiger partial charge in [0.15, 0.2) is 0 Å². The van der Waals surface area contributed by atoms with E-state index in [1.807, 2.05) is 38.8 Å². The Kier molecular flexibility index (Phi) is 9.32. The van der Waals surface area contributed by atoms with Gasteiger partial charge in [-0.15, -0.1) is 0 Å². The topological polar surface area (TPSA) is 47.3 Å². The van der Waals surface area contributed by atoms with Crippen LogP contribution in [0.3, 0.4) is 0 Å². The Labute approximate surface area is 130 Å². The number of carbonyl (C=O) groups excluding carboxylic acids is 1. The van der Waals surface area contributed by atoms with Gasteiger partial charge in [-0.05, 0) is 20.9 Å². The Balaban J connectivity index is 0. The van der Waals surface area contributed by atoms with Crippen LogP contribution >= 0.6 is 0 Å². The van der Waals surface area contributed by atoms with Gasteiger partial charge in [0.25, 0.3) is 0 Å². The zero-order valence-corrected chi connectivity index (χ0v) is 14.4. The number of nitrogens with zero attached hydrogens (tertiary/aromatic N) is 3. The summed E-state index contributed by atoms with van der Waals surface area (Å²) in [5.41, 5.74) is -0.785. The molecule has 0 N–H and O–H groups in total. The van der Waals surface area contributed by atoms with E-state index >= 15 is 0 Å². The molecule has 0 aromatic rings. The van der Waals surface area contributed by atoms with Crippen LogP contribution in [-0.2, 0) is 37.5 Å². The Morgan fingerprint density at radius 1 is 1.35 bits per heavy atom. The second kappa shape index (κ2) is 8.18. The summed E-state index contributed by atoms with van der Waals surface area (Å²) in [6.45, 7) is 9.02. The van der Waals surface area contributed by atoms with E-state index in [4.69, 9.17) is 5.26 Å². The fourth-order valence-electron chi connectivity index (χ4n) is 1.26. The smallest absolute Gasteiger partial charge is 0.207 e. The number of amides is 1. The molecule has 4 nitrogen and oxygen atoms in total. The maximum absolute atomic E-state index is 12.2. The minimum Gasteiger partial charge on any atom is -0.474 e. The summed E-state index contributed by atoms with van der Waals surface area (Å²) < 4.78 is 0. The van der Waals surface area contributed by atoms with Gasteiger partial charge < -0.3 is 16.2 Å². The van der Waals surface area contributed by atoms with Crippen molar-refractivity contribution in [2.45, 2.75) is 39.3 Å². The van der Waals surface area contributed by atoms with Crippen molar-refractivity contribution >= 4 is 5.91 Å². The normalized spacial score (nSPS) is 12.6. The van der Waals surface area contributed by atoms with Crippen molar-refractivity contribution in [1.82, 2.24) is 9.80 Å². The van der Waals surface area contributed by atoms with E-state index in [0.717, 1.165) is 0 Å². The summed E-state index contributed by atoms with van der Waals surface area (Å²) >= 11 is 0. The average molecular weight is 312 g/mol. The van der Waals surface area contributed by atoms with Crippen molar-refractivity contribution < 1.29 is 37.5 Å².